The van der Waals surface area contributed by atoms with E-state index in [0.29, 0.717) is 41.4 Å². The number of hydrogen-bond acceptors (Lipinski definition) is 4. The molecule has 3 aromatic carbocycles. The fraction of sp³-hybridized carbons (Fsp3) is 0.269. The Morgan fingerprint density at radius 3 is 1.80 bits per heavy atom. The zero-order chi connectivity index (χ0) is 24.4. The Morgan fingerprint density at radius 1 is 0.829 bits per heavy atom. The second-order valence-corrected chi connectivity index (χ2v) is 9.52. The van der Waals surface area contributed by atoms with Crippen LogP contribution >= 0.6 is 9.69 Å². The van der Waals surface area contributed by atoms with Gasteiger partial charge in [-0.25, -0.2) is 8.42 Å². The Hall–Kier alpha value is -1.96. The van der Waals surface area contributed by atoms with Crippen molar-refractivity contribution in [2.24, 2.45) is 0 Å². The maximum Gasteiger partial charge on any atom is 0.135 e. The van der Waals surface area contributed by atoms with E-state index >= 15 is 0 Å². The molecule has 1 N–H and O–H groups in total. The normalized spacial score (nSPS) is 17.3. The third-order valence-corrected chi connectivity index (χ3v) is 6.63. The van der Waals surface area contributed by atoms with Crippen LogP contribution in [0.4, 0.5) is 0 Å². The predicted octanol–water partition coefficient (Wildman–Crippen LogP) is 7.98. The molecule has 2 atom stereocenters. The summed E-state index contributed by atoms with van der Waals surface area (Å²) in [5.74, 6) is 1.63. The molecule has 1 saturated carbocycles. The van der Waals surface area contributed by atoms with E-state index in [0.717, 1.165) is 12.8 Å². The van der Waals surface area contributed by atoms with Gasteiger partial charge >= 0.3 is 27.0 Å². The van der Waals surface area contributed by atoms with Gasteiger partial charge in [-0.2, -0.15) is 6.04 Å². The number of nitrogens with zero attached hydrogens (tertiary/aromatic N) is 1. The van der Waals surface area contributed by atoms with E-state index < -0.39 is 22.1 Å². The summed E-state index contributed by atoms with van der Waals surface area (Å²) in [6.07, 6.45) is 3.15. The van der Waals surface area contributed by atoms with Crippen LogP contribution in [0.25, 0.3) is 10.5 Å². The number of benzene rings is 3. The van der Waals surface area contributed by atoms with Crippen LogP contribution in [0.5, 0.6) is 23.0 Å². The van der Waals surface area contributed by atoms with Gasteiger partial charge in [0.2, 0.25) is 0 Å². The largest absolute Gasteiger partial charge is 0.676 e. The number of rotatable bonds is 8. The smallest absolute Gasteiger partial charge is 0.135 e. The maximum atomic E-state index is 13.1. The number of ether oxygens (including phenoxy) is 2. The molecule has 0 saturated heterocycles. The summed E-state index contributed by atoms with van der Waals surface area (Å²) >= 11 is 1.82. The summed E-state index contributed by atoms with van der Waals surface area (Å²) in [5.41, 5.74) is 8.57. The van der Waals surface area contributed by atoms with E-state index in [9.17, 15) is 8.42 Å². The molecule has 0 radical (unpaired) electrons. The van der Waals surface area contributed by atoms with Gasteiger partial charge in [-0.05, 0) is 36.4 Å². The summed E-state index contributed by atoms with van der Waals surface area (Å²) in [5, 5.41) is 0. The molecule has 4 rings (SSSR count). The molecule has 0 aliphatic heterocycles. The average molecular weight is 602 g/mol. The maximum absolute atomic E-state index is 13.1. The molecule has 1 aliphatic carbocycles. The van der Waals surface area contributed by atoms with Gasteiger partial charge in [-0.3, -0.25) is 0 Å². The summed E-state index contributed by atoms with van der Waals surface area (Å²) in [7, 11) is 0.717. The van der Waals surface area contributed by atoms with Crippen LogP contribution in [0.2, 0.25) is 0 Å². The monoisotopic (exact) mass is 602 g/mol. The molecule has 6 nitrogen and oxygen atoms in total. The predicted molar refractivity (Wildman–Crippen MR) is 138 cm³/mol. The van der Waals surface area contributed by atoms with Gasteiger partial charge in [0.05, 0.1) is 21.3 Å². The van der Waals surface area contributed by atoms with E-state index in [1.54, 1.807) is 42.5 Å². The van der Waals surface area contributed by atoms with E-state index in [2.05, 4.69) is 14.4 Å². The summed E-state index contributed by atoms with van der Waals surface area (Å²) in [4.78, 5) is 0. The van der Waals surface area contributed by atoms with E-state index in [4.69, 9.17) is 15.2 Å². The van der Waals surface area contributed by atoms with Crippen LogP contribution in [0.15, 0.2) is 78.9 Å². The van der Waals surface area contributed by atoms with Crippen molar-refractivity contribution >= 4 is 19.7 Å². The minimum Gasteiger partial charge on any atom is -0.676 e. The molecule has 0 amide bonds. The molecule has 9 heteroatoms. The van der Waals surface area contributed by atoms with Gasteiger partial charge in [-0.1, -0.05) is 68.1 Å². The molecular weight excluding hydrogens is 573 g/mol. The van der Waals surface area contributed by atoms with Crippen molar-refractivity contribution in [2.45, 2.75) is 43.5 Å². The number of para-hydroxylation sites is 2. The number of sulfonamides is 1. The molecule has 3 aromatic rings. The fourth-order valence-corrected chi connectivity index (χ4v) is 5.16. The average Bonchev–Trinajstić information content (AvgIpc) is 2.85. The first-order valence-electron chi connectivity index (χ1n) is 10.9. The van der Waals surface area contributed by atoms with Gasteiger partial charge in [-0.15, -0.1) is 6.04 Å². The molecular formula is C26H29ClN2O4RuS. The van der Waals surface area contributed by atoms with Crippen molar-refractivity contribution in [3.05, 3.63) is 102 Å². The van der Waals surface area contributed by atoms with E-state index in [1.807, 2.05) is 53.7 Å². The standard InChI is InChI=1S/C25H26N2O4S.CH3.ClH.Ru/c26-22-14-7-8-15-23(22)27-32(28,29)18-21-24(30-19-10-3-1-4-11-19)16-9-17-25(21)31-20-12-5-2-6-13-20;;;/h1-6,9-13,16-17,22-23,26H,7-8,14-15,18H2;1H3;1H;/q-2;-1;;+4/p-1. The molecule has 35 heavy (non-hydrogen) atoms. The van der Waals surface area contributed by atoms with Gasteiger partial charge in [0.15, 0.2) is 0 Å². The van der Waals surface area contributed by atoms with Crippen molar-refractivity contribution in [3.63, 3.8) is 0 Å². The molecule has 2 unspecified atom stereocenters. The fourth-order valence-electron chi connectivity index (χ4n) is 3.77. The first-order valence-corrected chi connectivity index (χ1v) is 14.7. The Kier molecular flexibility index (Phi) is 12.2. The second-order valence-electron chi connectivity index (χ2n) is 7.85. The Morgan fingerprint density at radius 2 is 1.31 bits per heavy atom. The molecule has 188 valence electrons. The Balaban J connectivity index is 0.00000140. The van der Waals surface area contributed by atoms with Crippen LogP contribution in [0.1, 0.15) is 31.2 Å². The van der Waals surface area contributed by atoms with Crippen molar-refractivity contribution in [1.82, 2.24) is 0 Å². The van der Waals surface area contributed by atoms with E-state index in [-0.39, 0.29) is 13.2 Å². The van der Waals surface area contributed by atoms with Crippen LogP contribution < -0.4 is 9.47 Å². The number of hydrogen-bond donors (Lipinski definition) is 0. The number of halogens is 1. The second kappa shape index (κ2) is 14.6. The third kappa shape index (κ3) is 8.89. The van der Waals surface area contributed by atoms with Crippen LogP contribution in [0, 0.1) is 7.43 Å². The molecule has 1 fully saturated rings. The molecule has 0 heterocycles. The SMILES string of the molecule is [CH3-].[Cl][Ru+3].[NH-]C1CCCCC1[N-]S(=O)(=O)Cc1c(Oc2ccccc2)cccc1Oc1ccccc1. The van der Waals surface area contributed by atoms with Gasteiger partial charge in [0, 0.05) is 0 Å². The Bertz CT molecular complexity index is 1070. The summed E-state index contributed by atoms with van der Waals surface area (Å²) in [6.45, 7) is 0. The first kappa shape index (κ1) is 29.3. The molecule has 0 aromatic heterocycles. The van der Waals surface area contributed by atoms with Crippen LogP contribution in [-0.2, 0) is 33.1 Å². The van der Waals surface area contributed by atoms with Crippen LogP contribution in [-0.4, -0.2) is 20.5 Å². The van der Waals surface area contributed by atoms with E-state index in [1.165, 1.54) is 0 Å². The quantitative estimate of drug-likeness (QED) is 0.193. The van der Waals surface area contributed by atoms with Crippen LogP contribution in [0.3, 0.4) is 0 Å². The third-order valence-electron chi connectivity index (χ3n) is 5.38. The first-order chi connectivity index (χ1) is 16.5. The van der Waals surface area contributed by atoms with Gasteiger partial charge in [0.25, 0.3) is 0 Å². The summed E-state index contributed by atoms with van der Waals surface area (Å²) in [6, 6.07) is 22.6. The minimum absolute atomic E-state index is 0. The van der Waals surface area contributed by atoms with Crippen molar-refractivity contribution in [1.29, 1.82) is 0 Å². The van der Waals surface area contributed by atoms with Gasteiger partial charge in [0.1, 0.15) is 23.0 Å². The van der Waals surface area contributed by atoms with Crippen molar-refractivity contribution in [3.8, 4) is 23.0 Å². The topological polar surface area (TPSA) is 90.5 Å². The van der Waals surface area contributed by atoms with Crippen molar-refractivity contribution in [2.75, 3.05) is 0 Å². The summed E-state index contributed by atoms with van der Waals surface area (Å²) < 4.78 is 42.3. The molecule has 1 aliphatic rings. The Labute approximate surface area is 222 Å². The zero-order valence-electron chi connectivity index (χ0n) is 19.4. The minimum atomic E-state index is -3.85. The van der Waals surface area contributed by atoms with Crippen molar-refractivity contribution < 1.29 is 35.2 Å². The zero-order valence-corrected chi connectivity index (χ0v) is 22.7. The molecule has 0 bridgehead atoms. The number of nitrogens with one attached hydrogen (secondary N) is 1. The van der Waals surface area contributed by atoms with Gasteiger partial charge < -0.3 is 27.4 Å². The molecule has 0 spiro atoms.